The highest BCUT2D eigenvalue weighted by atomic mass is 19.4. The molecule has 0 atom stereocenters. The number of nitrogens with zero attached hydrogens (tertiary/aromatic N) is 2. The molecule has 1 rings (SSSR count). The zero-order chi connectivity index (χ0) is 6.91. The van der Waals surface area contributed by atoms with Gasteiger partial charge < -0.3 is 0 Å². The van der Waals surface area contributed by atoms with Crippen LogP contribution in [-0.2, 0) is 6.30 Å². The summed E-state index contributed by atoms with van der Waals surface area (Å²) in [5.41, 5.74) is 0. The predicted molar refractivity (Wildman–Crippen MR) is 30.3 cm³/mol. The molecule has 0 fully saturated rings. The van der Waals surface area contributed by atoms with Crippen molar-refractivity contribution >= 4 is 0 Å². The van der Waals surface area contributed by atoms with Gasteiger partial charge >= 0.3 is 6.30 Å². The Hall–Kier alpha value is -1.00. The van der Waals surface area contributed by atoms with Gasteiger partial charge in [0.05, 0.1) is 0 Å². The van der Waals surface area contributed by atoms with Crippen molar-refractivity contribution in [3.05, 3.63) is 18.7 Å². The maximum atomic E-state index is 11.5. The summed E-state index contributed by atoms with van der Waals surface area (Å²) in [5, 5.41) is 0. The number of hydrogen-bond donors (Lipinski definition) is 0. The molecular formula is C5H7F3N2. The van der Waals surface area contributed by atoms with Gasteiger partial charge in [-0.3, -0.25) is 0 Å². The van der Waals surface area contributed by atoms with Crippen LogP contribution in [0.15, 0.2) is 18.7 Å². The van der Waals surface area contributed by atoms with Crippen molar-refractivity contribution in [1.82, 2.24) is 9.55 Å². The first-order valence-electron chi connectivity index (χ1n) is 2.16. The van der Waals surface area contributed by atoms with E-state index < -0.39 is 6.30 Å². The van der Waals surface area contributed by atoms with E-state index in [-0.39, 0.29) is 12.0 Å². The summed E-state index contributed by atoms with van der Waals surface area (Å²) in [5.74, 6) is 0. The first-order chi connectivity index (χ1) is 4.11. The summed E-state index contributed by atoms with van der Waals surface area (Å²) < 4.78 is 34.7. The molecule has 0 amide bonds. The van der Waals surface area contributed by atoms with Gasteiger partial charge in [0, 0.05) is 12.4 Å². The van der Waals surface area contributed by atoms with Crippen LogP contribution < -0.4 is 0 Å². The Bertz CT molecular complexity index is 177. The van der Waals surface area contributed by atoms with Crippen LogP contribution in [0.5, 0.6) is 0 Å². The minimum absolute atomic E-state index is 0. The lowest BCUT2D eigenvalue weighted by atomic mass is 10.9. The maximum absolute atomic E-state index is 11.5. The van der Waals surface area contributed by atoms with Gasteiger partial charge in [0.25, 0.3) is 0 Å². The molecule has 0 radical (unpaired) electrons. The lowest BCUT2D eigenvalue weighted by Crippen LogP contribution is -2.13. The van der Waals surface area contributed by atoms with Crippen LogP contribution in [0, 0.1) is 0 Å². The molecule has 10 heavy (non-hydrogen) atoms. The van der Waals surface area contributed by atoms with Crippen molar-refractivity contribution in [2.24, 2.45) is 0 Å². The van der Waals surface area contributed by atoms with Crippen molar-refractivity contribution in [2.75, 3.05) is 0 Å². The second kappa shape index (κ2) is 2.72. The van der Waals surface area contributed by atoms with E-state index in [4.69, 9.17) is 0 Å². The van der Waals surface area contributed by atoms with Gasteiger partial charge in [0.15, 0.2) is 0 Å². The summed E-state index contributed by atoms with van der Waals surface area (Å²) in [7, 11) is 0. The highest BCUT2D eigenvalue weighted by molar-refractivity contribution is 4.75. The quantitative estimate of drug-likeness (QED) is 0.555. The SMILES string of the molecule is C.FC(F)(F)n1ccnc1. The molecule has 0 bridgehead atoms. The summed E-state index contributed by atoms with van der Waals surface area (Å²) >= 11 is 0. The molecule has 0 N–H and O–H groups in total. The van der Waals surface area contributed by atoms with Crippen LogP contribution in [0.1, 0.15) is 7.43 Å². The lowest BCUT2D eigenvalue weighted by molar-refractivity contribution is -0.204. The van der Waals surface area contributed by atoms with Gasteiger partial charge in [0.2, 0.25) is 0 Å². The van der Waals surface area contributed by atoms with Crippen LogP contribution in [0.2, 0.25) is 0 Å². The third kappa shape index (κ3) is 1.75. The van der Waals surface area contributed by atoms with Gasteiger partial charge in [0.1, 0.15) is 6.33 Å². The predicted octanol–water partition coefficient (Wildman–Crippen LogP) is 2.00. The number of rotatable bonds is 0. The minimum atomic E-state index is -4.32. The Labute approximate surface area is 56.3 Å². The Balaban J connectivity index is 0.000000810. The van der Waals surface area contributed by atoms with Crippen molar-refractivity contribution in [3.63, 3.8) is 0 Å². The highest BCUT2D eigenvalue weighted by Crippen LogP contribution is 2.20. The molecular weight excluding hydrogens is 145 g/mol. The average Bonchev–Trinajstić information content (AvgIpc) is 2.08. The molecule has 1 heterocycles. The first kappa shape index (κ1) is 9.00. The third-order valence-corrected chi connectivity index (χ3v) is 0.797. The first-order valence-corrected chi connectivity index (χ1v) is 2.16. The molecule has 0 aliphatic rings. The maximum Gasteiger partial charge on any atom is 0.489 e. The van der Waals surface area contributed by atoms with Crippen molar-refractivity contribution in [1.29, 1.82) is 0 Å². The van der Waals surface area contributed by atoms with Gasteiger partial charge in [-0.15, -0.1) is 13.2 Å². The number of imidazole rings is 1. The molecule has 0 aliphatic heterocycles. The van der Waals surface area contributed by atoms with E-state index >= 15 is 0 Å². The number of alkyl halides is 3. The van der Waals surface area contributed by atoms with E-state index in [0.717, 1.165) is 12.4 Å². The van der Waals surface area contributed by atoms with E-state index in [1.807, 2.05) is 0 Å². The van der Waals surface area contributed by atoms with E-state index in [1.165, 1.54) is 0 Å². The second-order valence-corrected chi connectivity index (χ2v) is 1.44. The zero-order valence-electron chi connectivity index (χ0n) is 4.26. The van der Waals surface area contributed by atoms with Crippen molar-refractivity contribution in [3.8, 4) is 0 Å². The largest absolute Gasteiger partial charge is 0.489 e. The molecule has 0 unspecified atom stereocenters. The fraction of sp³-hybridized carbons (Fsp3) is 0.400. The van der Waals surface area contributed by atoms with Crippen molar-refractivity contribution < 1.29 is 13.2 Å². The molecule has 1 aromatic rings. The monoisotopic (exact) mass is 152 g/mol. The highest BCUT2D eigenvalue weighted by Gasteiger charge is 2.29. The van der Waals surface area contributed by atoms with Crippen LogP contribution in [-0.4, -0.2) is 9.55 Å². The van der Waals surface area contributed by atoms with Gasteiger partial charge in [-0.1, -0.05) is 7.43 Å². The van der Waals surface area contributed by atoms with E-state index in [1.54, 1.807) is 0 Å². The normalized spacial score (nSPS) is 10.7. The Morgan fingerprint density at radius 2 is 1.90 bits per heavy atom. The Kier molecular flexibility index (Phi) is 2.45. The van der Waals surface area contributed by atoms with Crippen LogP contribution in [0.4, 0.5) is 13.2 Å². The molecule has 0 aromatic carbocycles. The minimum Gasteiger partial charge on any atom is -0.248 e. The molecule has 0 saturated carbocycles. The molecule has 2 nitrogen and oxygen atoms in total. The summed E-state index contributed by atoms with van der Waals surface area (Å²) in [6, 6.07) is 0. The topological polar surface area (TPSA) is 17.8 Å². The number of halogens is 3. The summed E-state index contributed by atoms with van der Waals surface area (Å²) in [6.07, 6.45) is -1.69. The van der Waals surface area contributed by atoms with Gasteiger partial charge in [-0.05, 0) is 0 Å². The molecule has 58 valence electrons. The fourth-order valence-corrected chi connectivity index (χ4v) is 0.409. The van der Waals surface area contributed by atoms with Gasteiger partial charge in [-0.25, -0.2) is 9.55 Å². The molecule has 1 aromatic heterocycles. The standard InChI is InChI=1S/C4H3F3N2.CH4/c5-4(6,7)9-2-1-8-3-9;/h1-3H;1H4. The van der Waals surface area contributed by atoms with Crippen LogP contribution in [0.25, 0.3) is 0 Å². The number of hydrogen-bond acceptors (Lipinski definition) is 1. The Morgan fingerprint density at radius 1 is 1.30 bits per heavy atom. The summed E-state index contributed by atoms with van der Waals surface area (Å²) in [6.45, 7) is 0. The molecule has 0 saturated heterocycles. The van der Waals surface area contributed by atoms with E-state index in [9.17, 15) is 13.2 Å². The zero-order valence-corrected chi connectivity index (χ0v) is 4.26. The van der Waals surface area contributed by atoms with Gasteiger partial charge in [-0.2, -0.15) is 0 Å². The molecule has 0 spiro atoms. The average molecular weight is 152 g/mol. The lowest BCUT2D eigenvalue weighted by Gasteiger charge is -2.03. The number of aromatic nitrogens is 2. The smallest absolute Gasteiger partial charge is 0.248 e. The molecule has 5 heteroatoms. The third-order valence-electron chi connectivity index (χ3n) is 0.797. The second-order valence-electron chi connectivity index (χ2n) is 1.44. The Morgan fingerprint density at radius 3 is 2.10 bits per heavy atom. The fourth-order valence-electron chi connectivity index (χ4n) is 0.409. The van der Waals surface area contributed by atoms with E-state index in [0.29, 0.717) is 6.33 Å². The van der Waals surface area contributed by atoms with Crippen molar-refractivity contribution in [2.45, 2.75) is 13.7 Å². The summed E-state index contributed by atoms with van der Waals surface area (Å²) in [4.78, 5) is 3.23. The van der Waals surface area contributed by atoms with Crippen LogP contribution >= 0.6 is 0 Å². The van der Waals surface area contributed by atoms with Crippen LogP contribution in [0.3, 0.4) is 0 Å². The van der Waals surface area contributed by atoms with E-state index in [2.05, 4.69) is 4.98 Å². The molecule has 0 aliphatic carbocycles.